The highest BCUT2D eigenvalue weighted by Gasteiger charge is 2.31. The number of carbonyl (C=O) groups excluding carboxylic acids is 2. The lowest BCUT2D eigenvalue weighted by atomic mass is 10.1. The molecule has 0 aromatic heterocycles. The number of amides is 2. The van der Waals surface area contributed by atoms with E-state index in [0.717, 1.165) is 37.7 Å². The minimum Gasteiger partial charge on any atom is -0.350 e. The molecule has 0 radical (unpaired) electrons. The standard InChI is InChI=1S/C18H25N3O2/c19-18-14-8-5-4-7-13(14)11-15(18)20-16(22)12-21-10-6-2-1-3-9-17(21)23/h4-5,7-8,15,18H,1-3,6,9-12,19H2,(H,20,22)/t15-,18-/m1/s1. The minimum absolute atomic E-state index is 0.0789. The number of benzene rings is 1. The maximum absolute atomic E-state index is 12.3. The van der Waals surface area contributed by atoms with Crippen molar-refractivity contribution in [3.8, 4) is 0 Å². The normalized spacial score (nSPS) is 24.7. The molecule has 3 N–H and O–H groups in total. The van der Waals surface area contributed by atoms with E-state index in [4.69, 9.17) is 5.73 Å². The van der Waals surface area contributed by atoms with Crippen molar-refractivity contribution < 1.29 is 9.59 Å². The average molecular weight is 315 g/mol. The fraction of sp³-hybridized carbons (Fsp3) is 0.556. The highest BCUT2D eigenvalue weighted by molar-refractivity contribution is 5.85. The molecule has 5 heteroatoms. The summed E-state index contributed by atoms with van der Waals surface area (Å²) in [5.74, 6) is -0.00830. The smallest absolute Gasteiger partial charge is 0.239 e. The van der Waals surface area contributed by atoms with E-state index in [2.05, 4.69) is 11.4 Å². The molecule has 124 valence electrons. The van der Waals surface area contributed by atoms with E-state index in [-0.39, 0.29) is 30.4 Å². The number of nitrogens with two attached hydrogens (primary N) is 1. The number of rotatable bonds is 3. The van der Waals surface area contributed by atoms with E-state index in [9.17, 15) is 9.59 Å². The second-order valence-corrected chi connectivity index (χ2v) is 6.58. The van der Waals surface area contributed by atoms with Crippen LogP contribution in [0.5, 0.6) is 0 Å². The molecule has 2 aliphatic rings. The van der Waals surface area contributed by atoms with Crippen LogP contribution in [0.3, 0.4) is 0 Å². The number of nitrogens with one attached hydrogen (secondary N) is 1. The first-order valence-corrected chi connectivity index (χ1v) is 8.55. The lowest BCUT2D eigenvalue weighted by Crippen LogP contribution is -2.47. The summed E-state index contributed by atoms with van der Waals surface area (Å²) in [7, 11) is 0. The molecule has 5 nitrogen and oxygen atoms in total. The van der Waals surface area contributed by atoms with Crippen LogP contribution in [-0.4, -0.2) is 35.8 Å². The largest absolute Gasteiger partial charge is 0.350 e. The molecule has 1 fully saturated rings. The SMILES string of the molecule is N[C@@H]1c2ccccc2C[C@H]1NC(=O)CN1CCCCCCC1=O. The molecule has 2 amide bonds. The summed E-state index contributed by atoms with van der Waals surface area (Å²) in [6.07, 6.45) is 5.47. The number of likely N-dealkylation sites (tertiary alicyclic amines) is 1. The Bertz CT molecular complexity index is 587. The van der Waals surface area contributed by atoms with Crippen molar-refractivity contribution in [3.63, 3.8) is 0 Å². The van der Waals surface area contributed by atoms with E-state index in [1.165, 1.54) is 5.56 Å². The number of carbonyl (C=O) groups is 2. The molecular weight excluding hydrogens is 290 g/mol. The molecule has 1 saturated heterocycles. The Morgan fingerprint density at radius 1 is 1.22 bits per heavy atom. The van der Waals surface area contributed by atoms with Gasteiger partial charge in [0.15, 0.2) is 0 Å². The van der Waals surface area contributed by atoms with Crippen LogP contribution < -0.4 is 11.1 Å². The molecule has 0 bridgehead atoms. The predicted octanol–water partition coefficient (Wildman–Crippen LogP) is 1.52. The van der Waals surface area contributed by atoms with Crippen LogP contribution >= 0.6 is 0 Å². The van der Waals surface area contributed by atoms with E-state index in [1.807, 2.05) is 18.2 Å². The molecule has 0 saturated carbocycles. The topological polar surface area (TPSA) is 75.4 Å². The summed E-state index contributed by atoms with van der Waals surface area (Å²) in [5, 5.41) is 3.02. The number of hydrogen-bond donors (Lipinski definition) is 2. The first-order valence-electron chi connectivity index (χ1n) is 8.55. The van der Waals surface area contributed by atoms with Gasteiger partial charge in [-0.2, -0.15) is 0 Å². The van der Waals surface area contributed by atoms with Gasteiger partial charge in [-0.3, -0.25) is 9.59 Å². The fourth-order valence-corrected chi connectivity index (χ4v) is 3.57. The van der Waals surface area contributed by atoms with Crippen molar-refractivity contribution in [3.05, 3.63) is 35.4 Å². The third-order valence-corrected chi connectivity index (χ3v) is 4.89. The van der Waals surface area contributed by atoms with E-state index in [1.54, 1.807) is 4.90 Å². The maximum Gasteiger partial charge on any atom is 0.239 e. The van der Waals surface area contributed by atoms with Crippen LogP contribution in [0.4, 0.5) is 0 Å². The average Bonchev–Trinajstić information content (AvgIpc) is 2.84. The van der Waals surface area contributed by atoms with Crippen LogP contribution in [0.2, 0.25) is 0 Å². The number of fused-ring (bicyclic) bond motifs is 1. The summed E-state index contributed by atoms with van der Waals surface area (Å²) in [6.45, 7) is 0.835. The zero-order valence-electron chi connectivity index (χ0n) is 13.5. The third-order valence-electron chi connectivity index (χ3n) is 4.89. The van der Waals surface area contributed by atoms with Crippen LogP contribution in [0.25, 0.3) is 0 Å². The summed E-state index contributed by atoms with van der Waals surface area (Å²) in [6, 6.07) is 7.80. The maximum atomic E-state index is 12.3. The highest BCUT2D eigenvalue weighted by Crippen LogP contribution is 2.29. The number of nitrogens with zero attached hydrogens (tertiary/aromatic N) is 1. The Morgan fingerprint density at radius 2 is 2.00 bits per heavy atom. The fourth-order valence-electron chi connectivity index (χ4n) is 3.57. The Morgan fingerprint density at radius 3 is 2.83 bits per heavy atom. The van der Waals surface area contributed by atoms with Crippen molar-refractivity contribution in [2.75, 3.05) is 13.1 Å². The van der Waals surface area contributed by atoms with E-state index >= 15 is 0 Å². The molecule has 1 aliphatic carbocycles. The first-order chi connectivity index (χ1) is 11.1. The molecule has 2 atom stereocenters. The van der Waals surface area contributed by atoms with Gasteiger partial charge < -0.3 is 16.0 Å². The van der Waals surface area contributed by atoms with Crippen molar-refractivity contribution in [2.45, 2.75) is 50.6 Å². The zero-order valence-corrected chi connectivity index (χ0v) is 13.5. The Balaban J connectivity index is 1.56. The van der Waals surface area contributed by atoms with Gasteiger partial charge in [-0.25, -0.2) is 0 Å². The van der Waals surface area contributed by atoms with Gasteiger partial charge in [-0.15, -0.1) is 0 Å². The lowest BCUT2D eigenvalue weighted by Gasteiger charge is -2.26. The molecule has 1 aliphatic heterocycles. The summed E-state index contributed by atoms with van der Waals surface area (Å²) in [4.78, 5) is 26.1. The van der Waals surface area contributed by atoms with E-state index < -0.39 is 0 Å². The first kappa shape index (κ1) is 16.0. The van der Waals surface area contributed by atoms with E-state index in [0.29, 0.717) is 13.0 Å². The molecule has 0 unspecified atom stereocenters. The molecule has 1 heterocycles. The van der Waals surface area contributed by atoms with Crippen molar-refractivity contribution in [1.82, 2.24) is 10.2 Å². The van der Waals surface area contributed by atoms with Crippen LogP contribution in [0, 0.1) is 0 Å². The highest BCUT2D eigenvalue weighted by atomic mass is 16.2. The Hall–Kier alpha value is -1.88. The van der Waals surface area contributed by atoms with Crippen molar-refractivity contribution in [2.24, 2.45) is 5.73 Å². The van der Waals surface area contributed by atoms with Gasteiger partial charge in [0.05, 0.1) is 18.6 Å². The molecule has 0 spiro atoms. The molecule has 23 heavy (non-hydrogen) atoms. The minimum atomic E-state index is -0.168. The summed E-state index contributed by atoms with van der Waals surface area (Å²) < 4.78 is 0. The molecule has 3 rings (SSSR count). The summed E-state index contributed by atoms with van der Waals surface area (Å²) >= 11 is 0. The van der Waals surface area contributed by atoms with Gasteiger partial charge >= 0.3 is 0 Å². The van der Waals surface area contributed by atoms with Crippen LogP contribution in [-0.2, 0) is 16.0 Å². The second kappa shape index (κ2) is 7.13. The van der Waals surface area contributed by atoms with Gasteiger partial charge in [-0.1, -0.05) is 37.1 Å². The van der Waals surface area contributed by atoms with Gasteiger partial charge in [0.2, 0.25) is 11.8 Å². The van der Waals surface area contributed by atoms with Crippen molar-refractivity contribution >= 4 is 11.8 Å². The molecular formula is C18H25N3O2. The van der Waals surface area contributed by atoms with Crippen LogP contribution in [0.1, 0.15) is 49.3 Å². The zero-order chi connectivity index (χ0) is 16.2. The molecule has 1 aromatic carbocycles. The Kier molecular flexibility index (Phi) is 4.96. The van der Waals surface area contributed by atoms with Crippen LogP contribution in [0.15, 0.2) is 24.3 Å². The monoisotopic (exact) mass is 315 g/mol. The quantitative estimate of drug-likeness (QED) is 0.888. The third kappa shape index (κ3) is 3.72. The van der Waals surface area contributed by atoms with Gasteiger partial charge in [0, 0.05) is 13.0 Å². The second-order valence-electron chi connectivity index (χ2n) is 6.58. The van der Waals surface area contributed by atoms with Gasteiger partial charge in [-0.05, 0) is 30.4 Å². The predicted molar refractivity (Wildman–Crippen MR) is 88.7 cm³/mol. The Labute approximate surface area is 137 Å². The summed E-state index contributed by atoms with van der Waals surface area (Å²) in [5.41, 5.74) is 8.56. The lowest BCUT2D eigenvalue weighted by molar-refractivity contribution is -0.136. The number of hydrogen-bond acceptors (Lipinski definition) is 3. The van der Waals surface area contributed by atoms with Crippen molar-refractivity contribution in [1.29, 1.82) is 0 Å². The van der Waals surface area contributed by atoms with Gasteiger partial charge in [0.1, 0.15) is 0 Å². The molecule has 1 aromatic rings. The van der Waals surface area contributed by atoms with Gasteiger partial charge in [0.25, 0.3) is 0 Å².